The molecule has 0 radical (unpaired) electrons. The molecule has 6 heteroatoms. The van der Waals surface area contributed by atoms with Gasteiger partial charge in [0.2, 0.25) is 0 Å². The number of halogens is 1. The van der Waals surface area contributed by atoms with E-state index < -0.39 is 0 Å². The van der Waals surface area contributed by atoms with Crippen molar-refractivity contribution in [1.82, 2.24) is 19.6 Å². The Kier molecular flexibility index (Phi) is 3.63. The summed E-state index contributed by atoms with van der Waals surface area (Å²) in [5, 5.41) is 6.30. The summed E-state index contributed by atoms with van der Waals surface area (Å²) in [7, 11) is 0. The predicted molar refractivity (Wildman–Crippen MR) is 81.2 cm³/mol. The first-order chi connectivity index (χ1) is 9.63. The van der Waals surface area contributed by atoms with Gasteiger partial charge in [0, 0.05) is 16.0 Å². The Bertz CT molecular complexity index is 739. The van der Waals surface area contributed by atoms with Gasteiger partial charge >= 0.3 is 0 Å². The van der Waals surface area contributed by atoms with E-state index in [0.29, 0.717) is 11.0 Å². The fourth-order valence-electron chi connectivity index (χ4n) is 1.96. The fourth-order valence-corrected chi connectivity index (χ4v) is 3.21. The van der Waals surface area contributed by atoms with Crippen molar-refractivity contribution >= 4 is 29.1 Å². The van der Waals surface area contributed by atoms with Crippen molar-refractivity contribution in [3.05, 3.63) is 52.9 Å². The minimum absolute atomic E-state index is 0.293. The highest BCUT2D eigenvalue weighted by Gasteiger charge is 2.12. The minimum atomic E-state index is 0.293. The molecule has 0 aliphatic heterocycles. The summed E-state index contributed by atoms with van der Waals surface area (Å²) in [5.41, 5.74) is 2.17. The van der Waals surface area contributed by atoms with Crippen molar-refractivity contribution < 1.29 is 0 Å². The topological polar surface area (TPSA) is 43.1 Å². The van der Waals surface area contributed by atoms with Crippen molar-refractivity contribution in [2.45, 2.75) is 24.1 Å². The molecule has 0 aliphatic carbocycles. The third-order valence-corrected chi connectivity index (χ3v) is 4.39. The van der Waals surface area contributed by atoms with E-state index in [1.54, 1.807) is 16.3 Å². The molecule has 3 rings (SSSR count). The predicted octanol–water partition coefficient (Wildman–Crippen LogP) is 3.94. The molecule has 1 aromatic carbocycles. The molecule has 0 spiro atoms. The average molecular weight is 305 g/mol. The van der Waals surface area contributed by atoms with Crippen molar-refractivity contribution in [3.8, 4) is 0 Å². The maximum absolute atomic E-state index is 5.92. The Balaban J connectivity index is 1.92. The SMILES string of the molecule is Cc1cc(SC(C)c2ccc(Cl)cc2)n2ncnc2n1. The molecule has 1 unspecified atom stereocenters. The summed E-state index contributed by atoms with van der Waals surface area (Å²) in [5.74, 6) is 0.635. The van der Waals surface area contributed by atoms with Crippen LogP contribution in [0.5, 0.6) is 0 Å². The molecular formula is C14H13ClN4S. The number of fused-ring (bicyclic) bond motifs is 1. The van der Waals surface area contributed by atoms with E-state index in [0.717, 1.165) is 15.7 Å². The molecule has 0 aliphatic rings. The summed E-state index contributed by atoms with van der Waals surface area (Å²) < 4.78 is 1.77. The summed E-state index contributed by atoms with van der Waals surface area (Å²) in [4.78, 5) is 8.49. The number of aryl methyl sites for hydroxylation is 1. The molecule has 102 valence electrons. The van der Waals surface area contributed by atoms with Gasteiger partial charge in [0.15, 0.2) is 0 Å². The highest BCUT2D eigenvalue weighted by atomic mass is 35.5. The first kappa shape index (κ1) is 13.4. The van der Waals surface area contributed by atoms with Gasteiger partial charge in [-0.05, 0) is 37.6 Å². The molecule has 0 N–H and O–H groups in total. The Morgan fingerprint density at radius 3 is 2.75 bits per heavy atom. The zero-order valence-electron chi connectivity index (χ0n) is 11.1. The Morgan fingerprint density at radius 1 is 1.25 bits per heavy atom. The first-order valence-electron chi connectivity index (χ1n) is 6.23. The lowest BCUT2D eigenvalue weighted by molar-refractivity contribution is 0.830. The number of hydrogen-bond donors (Lipinski definition) is 0. The number of thioether (sulfide) groups is 1. The van der Waals surface area contributed by atoms with Gasteiger partial charge in [0.1, 0.15) is 11.4 Å². The van der Waals surface area contributed by atoms with Crippen LogP contribution in [0.2, 0.25) is 5.02 Å². The number of benzene rings is 1. The van der Waals surface area contributed by atoms with E-state index >= 15 is 0 Å². The normalized spacial score (nSPS) is 12.8. The lowest BCUT2D eigenvalue weighted by atomic mass is 10.2. The third-order valence-electron chi connectivity index (χ3n) is 2.98. The minimum Gasteiger partial charge on any atom is -0.216 e. The van der Waals surface area contributed by atoms with Crippen LogP contribution < -0.4 is 0 Å². The third kappa shape index (κ3) is 2.64. The monoisotopic (exact) mass is 304 g/mol. The van der Waals surface area contributed by atoms with E-state index in [9.17, 15) is 0 Å². The average Bonchev–Trinajstić information content (AvgIpc) is 2.87. The van der Waals surface area contributed by atoms with Crippen molar-refractivity contribution in [1.29, 1.82) is 0 Å². The summed E-state index contributed by atoms with van der Waals surface area (Å²) in [6.07, 6.45) is 1.53. The summed E-state index contributed by atoms with van der Waals surface area (Å²) in [6.45, 7) is 4.12. The molecule has 3 aromatic rings. The van der Waals surface area contributed by atoms with Gasteiger partial charge in [-0.15, -0.1) is 0 Å². The number of nitrogens with zero attached hydrogens (tertiary/aromatic N) is 4. The van der Waals surface area contributed by atoms with E-state index in [4.69, 9.17) is 11.6 Å². The molecule has 20 heavy (non-hydrogen) atoms. The molecule has 0 fully saturated rings. The first-order valence-corrected chi connectivity index (χ1v) is 7.49. The molecule has 4 nitrogen and oxygen atoms in total. The van der Waals surface area contributed by atoms with Crippen molar-refractivity contribution in [2.75, 3.05) is 0 Å². The lowest BCUT2D eigenvalue weighted by Gasteiger charge is -2.12. The van der Waals surface area contributed by atoms with Crippen LogP contribution in [0.25, 0.3) is 5.78 Å². The van der Waals surface area contributed by atoms with Crippen molar-refractivity contribution in [2.24, 2.45) is 0 Å². The highest BCUT2D eigenvalue weighted by molar-refractivity contribution is 7.99. The van der Waals surface area contributed by atoms with Gasteiger partial charge < -0.3 is 0 Å². The van der Waals surface area contributed by atoms with E-state index in [1.165, 1.54) is 11.9 Å². The van der Waals surface area contributed by atoms with Crippen LogP contribution in [-0.4, -0.2) is 19.6 Å². The van der Waals surface area contributed by atoms with E-state index in [-0.39, 0.29) is 0 Å². The quantitative estimate of drug-likeness (QED) is 0.543. The van der Waals surface area contributed by atoms with Gasteiger partial charge in [0.25, 0.3) is 5.78 Å². The molecule has 2 heterocycles. The maximum atomic E-state index is 5.92. The second-order valence-corrected chi connectivity index (χ2v) is 6.32. The Morgan fingerprint density at radius 2 is 2.00 bits per heavy atom. The smallest absolute Gasteiger partial charge is 0.216 e. The molecule has 0 saturated heterocycles. The summed E-state index contributed by atoms with van der Waals surface area (Å²) in [6, 6.07) is 9.95. The number of aromatic nitrogens is 4. The zero-order valence-corrected chi connectivity index (χ0v) is 12.7. The van der Waals surface area contributed by atoms with Gasteiger partial charge in [-0.2, -0.15) is 14.6 Å². The van der Waals surface area contributed by atoms with Crippen LogP contribution in [0.4, 0.5) is 0 Å². The second-order valence-electron chi connectivity index (χ2n) is 4.52. The second kappa shape index (κ2) is 5.42. The molecule has 2 aromatic heterocycles. The van der Waals surface area contributed by atoms with Crippen LogP contribution in [0, 0.1) is 6.92 Å². The van der Waals surface area contributed by atoms with Crippen LogP contribution in [0.3, 0.4) is 0 Å². The van der Waals surface area contributed by atoms with Crippen LogP contribution in [0.1, 0.15) is 23.4 Å². The largest absolute Gasteiger partial charge is 0.253 e. The molecule has 0 saturated carbocycles. The Labute approximate surface area is 126 Å². The van der Waals surface area contributed by atoms with Gasteiger partial charge in [-0.25, -0.2) is 4.98 Å². The fraction of sp³-hybridized carbons (Fsp3) is 0.214. The van der Waals surface area contributed by atoms with E-state index in [1.807, 2.05) is 37.3 Å². The van der Waals surface area contributed by atoms with Gasteiger partial charge in [-0.3, -0.25) is 0 Å². The summed E-state index contributed by atoms with van der Waals surface area (Å²) >= 11 is 7.65. The highest BCUT2D eigenvalue weighted by Crippen LogP contribution is 2.35. The lowest BCUT2D eigenvalue weighted by Crippen LogP contribution is -1.99. The molecule has 1 atom stereocenters. The zero-order chi connectivity index (χ0) is 14.1. The van der Waals surface area contributed by atoms with Gasteiger partial charge in [-0.1, -0.05) is 35.5 Å². The van der Waals surface area contributed by atoms with E-state index in [2.05, 4.69) is 22.0 Å². The maximum Gasteiger partial charge on any atom is 0.253 e. The molecule has 0 bridgehead atoms. The standard InChI is InChI=1S/C14H13ClN4S/c1-9-7-13(19-14(18-9)16-8-17-19)20-10(2)11-3-5-12(15)6-4-11/h3-8,10H,1-2H3. The number of hydrogen-bond acceptors (Lipinski definition) is 4. The molecular weight excluding hydrogens is 292 g/mol. The van der Waals surface area contributed by atoms with Crippen LogP contribution in [0.15, 0.2) is 41.7 Å². The van der Waals surface area contributed by atoms with Crippen LogP contribution in [-0.2, 0) is 0 Å². The van der Waals surface area contributed by atoms with Gasteiger partial charge in [0.05, 0.1) is 0 Å². The Hall–Kier alpha value is -1.59. The molecule has 0 amide bonds. The van der Waals surface area contributed by atoms with Crippen LogP contribution >= 0.6 is 23.4 Å². The van der Waals surface area contributed by atoms with Crippen molar-refractivity contribution in [3.63, 3.8) is 0 Å². The number of rotatable bonds is 3.